The van der Waals surface area contributed by atoms with Gasteiger partial charge in [-0.2, -0.15) is 0 Å². The molecule has 1 fully saturated rings. The topological polar surface area (TPSA) is 64.9 Å². The number of piperazine rings is 1. The maximum atomic E-state index is 13.0. The normalized spacial score (nSPS) is 24.1. The molecule has 2 aliphatic rings. The molecule has 1 N–H and O–H groups in total. The number of rotatable bonds is 5. The van der Waals surface area contributed by atoms with Crippen molar-refractivity contribution < 1.29 is 19.6 Å². The molecule has 1 aliphatic carbocycles. The summed E-state index contributed by atoms with van der Waals surface area (Å²) in [6.07, 6.45) is 2.03. The number of aliphatic carboxylic acids is 1. The highest BCUT2D eigenvalue weighted by atomic mass is 16.4. The van der Waals surface area contributed by atoms with Crippen molar-refractivity contribution >= 4 is 11.9 Å². The molecule has 5 nitrogen and oxygen atoms in total. The predicted molar refractivity (Wildman–Crippen MR) is 102 cm³/mol. The van der Waals surface area contributed by atoms with E-state index in [-0.39, 0.29) is 5.91 Å². The number of amides is 1. The largest absolute Gasteiger partial charge is 0.550 e. The quantitative estimate of drug-likeness (QED) is 0.746. The number of nitrogens with zero attached hydrogens (tertiary/aromatic N) is 1. The zero-order valence-corrected chi connectivity index (χ0v) is 16.4. The van der Waals surface area contributed by atoms with E-state index >= 15 is 0 Å². The Morgan fingerprint density at radius 1 is 1.04 bits per heavy atom. The van der Waals surface area contributed by atoms with Crippen molar-refractivity contribution in [3.63, 3.8) is 0 Å². The predicted octanol–water partition coefficient (Wildman–Crippen LogP) is 0.0687. The Hall–Kier alpha value is -2.14. The first-order valence-electron chi connectivity index (χ1n) is 9.98. The van der Waals surface area contributed by atoms with E-state index in [4.69, 9.17) is 0 Å². The van der Waals surface area contributed by atoms with Gasteiger partial charge in [0.2, 0.25) is 5.91 Å². The van der Waals surface area contributed by atoms with Crippen molar-refractivity contribution in [2.75, 3.05) is 32.7 Å². The number of hydrogen-bond acceptors (Lipinski definition) is 3. The molecule has 1 saturated heterocycles. The van der Waals surface area contributed by atoms with Gasteiger partial charge in [-0.05, 0) is 32.3 Å². The fourth-order valence-corrected chi connectivity index (χ4v) is 4.29. The first-order chi connectivity index (χ1) is 13.0. The molecular weight excluding hydrogens is 340 g/mol. The van der Waals surface area contributed by atoms with Crippen LogP contribution in [0.15, 0.2) is 41.5 Å². The van der Waals surface area contributed by atoms with Crippen LogP contribution in [0.3, 0.4) is 0 Å². The summed E-state index contributed by atoms with van der Waals surface area (Å²) in [4.78, 5) is 28.0. The maximum absolute atomic E-state index is 13.0. The van der Waals surface area contributed by atoms with Gasteiger partial charge in [-0.1, -0.05) is 41.5 Å². The zero-order valence-electron chi connectivity index (χ0n) is 16.4. The smallest absolute Gasteiger partial charge is 0.227 e. The number of carboxylic acids is 1. The van der Waals surface area contributed by atoms with Crippen LogP contribution in [0.2, 0.25) is 0 Å². The molecule has 1 heterocycles. The standard InChI is InChI=1S/C22H30N2O3/c1-16-14-19(20(22(26)27)15-17(16)2)21(25)24-12-10-23(11-13-24)9-8-18-6-4-3-5-7-18/h3-7,19-20H,8-15H2,1-2H3,(H,26,27)/t19-,20+/m1/s1. The minimum absolute atomic E-state index is 0.00170. The summed E-state index contributed by atoms with van der Waals surface area (Å²) in [6.45, 7) is 8.30. The highest BCUT2D eigenvalue weighted by Gasteiger charge is 2.37. The van der Waals surface area contributed by atoms with Crippen LogP contribution < -0.4 is 10.0 Å². The number of allylic oxidation sites excluding steroid dienone is 2. The summed E-state index contributed by atoms with van der Waals surface area (Å²) in [7, 11) is 0. The third-order valence-corrected chi connectivity index (χ3v) is 6.28. The Kier molecular flexibility index (Phi) is 6.32. The number of hydrogen-bond donors (Lipinski definition) is 1. The van der Waals surface area contributed by atoms with Crippen LogP contribution >= 0.6 is 0 Å². The number of benzene rings is 1. The lowest BCUT2D eigenvalue weighted by Gasteiger charge is -2.38. The van der Waals surface area contributed by atoms with Crippen molar-refractivity contribution in [2.24, 2.45) is 11.8 Å². The molecule has 0 bridgehead atoms. The van der Waals surface area contributed by atoms with E-state index in [1.807, 2.05) is 24.8 Å². The van der Waals surface area contributed by atoms with Gasteiger partial charge in [-0.3, -0.25) is 4.79 Å². The van der Waals surface area contributed by atoms with Crippen LogP contribution in [0.4, 0.5) is 0 Å². The summed E-state index contributed by atoms with van der Waals surface area (Å²) >= 11 is 0. The second-order valence-electron chi connectivity index (χ2n) is 8.06. The van der Waals surface area contributed by atoms with Crippen LogP contribution in [0.25, 0.3) is 0 Å². The molecule has 146 valence electrons. The molecule has 1 amide bonds. The number of quaternary nitrogens is 1. The van der Waals surface area contributed by atoms with Gasteiger partial charge in [0.1, 0.15) is 0 Å². The van der Waals surface area contributed by atoms with Crippen LogP contribution in [0, 0.1) is 11.8 Å². The molecule has 0 unspecified atom stereocenters. The SMILES string of the molecule is CC1=C(C)C[C@@H](C(=O)N2CC[NH+](CCc3ccccc3)CC2)[C@@H](C(=O)[O-])C1. The fraction of sp³-hybridized carbons (Fsp3) is 0.545. The number of carbonyl (C=O) groups is 2. The highest BCUT2D eigenvalue weighted by Crippen LogP contribution is 2.35. The van der Waals surface area contributed by atoms with Crippen molar-refractivity contribution in [1.82, 2.24) is 4.90 Å². The first kappa shape index (κ1) is 19.6. The molecule has 1 aromatic rings. The summed E-state index contributed by atoms with van der Waals surface area (Å²) in [5, 5.41) is 11.6. The Labute approximate surface area is 161 Å². The lowest BCUT2D eigenvalue weighted by molar-refractivity contribution is -0.903. The summed E-state index contributed by atoms with van der Waals surface area (Å²) in [5.74, 6) is -2.25. The lowest BCUT2D eigenvalue weighted by Crippen LogP contribution is -3.15. The molecule has 0 aromatic heterocycles. The number of nitrogens with one attached hydrogen (secondary N) is 1. The molecule has 5 heteroatoms. The third kappa shape index (κ3) is 4.78. The fourth-order valence-electron chi connectivity index (χ4n) is 4.29. The van der Waals surface area contributed by atoms with Crippen LogP contribution in [-0.4, -0.2) is 49.5 Å². The van der Waals surface area contributed by atoms with Crippen LogP contribution in [-0.2, 0) is 16.0 Å². The average molecular weight is 370 g/mol. The molecular formula is C22H30N2O3. The second kappa shape index (κ2) is 8.70. The number of carboxylic acid groups (broad SMARTS) is 1. The van der Waals surface area contributed by atoms with E-state index in [9.17, 15) is 14.7 Å². The van der Waals surface area contributed by atoms with Gasteiger partial charge in [-0.15, -0.1) is 0 Å². The van der Waals surface area contributed by atoms with E-state index in [0.717, 1.165) is 37.2 Å². The van der Waals surface area contributed by atoms with Gasteiger partial charge < -0.3 is 19.7 Å². The van der Waals surface area contributed by atoms with Crippen molar-refractivity contribution in [3.8, 4) is 0 Å². The average Bonchev–Trinajstić information content (AvgIpc) is 2.68. The van der Waals surface area contributed by atoms with Crippen LogP contribution in [0.5, 0.6) is 0 Å². The lowest BCUT2D eigenvalue weighted by atomic mass is 9.76. The monoisotopic (exact) mass is 370 g/mol. The third-order valence-electron chi connectivity index (χ3n) is 6.28. The zero-order chi connectivity index (χ0) is 19.4. The molecule has 0 radical (unpaired) electrons. The highest BCUT2D eigenvalue weighted by molar-refractivity contribution is 5.85. The Morgan fingerprint density at radius 2 is 1.63 bits per heavy atom. The van der Waals surface area contributed by atoms with Gasteiger partial charge in [0.25, 0.3) is 0 Å². The minimum atomic E-state index is -1.09. The van der Waals surface area contributed by atoms with Crippen molar-refractivity contribution in [3.05, 3.63) is 47.0 Å². The molecule has 1 aromatic carbocycles. The Morgan fingerprint density at radius 3 is 2.22 bits per heavy atom. The van der Waals surface area contributed by atoms with E-state index < -0.39 is 17.8 Å². The van der Waals surface area contributed by atoms with Gasteiger partial charge in [0, 0.05) is 18.3 Å². The molecule has 2 atom stereocenters. The summed E-state index contributed by atoms with van der Waals surface area (Å²) in [5.41, 5.74) is 3.58. The molecule has 3 rings (SSSR count). The van der Waals surface area contributed by atoms with Gasteiger partial charge >= 0.3 is 0 Å². The summed E-state index contributed by atoms with van der Waals surface area (Å²) < 4.78 is 0. The van der Waals surface area contributed by atoms with E-state index in [1.165, 1.54) is 10.5 Å². The van der Waals surface area contributed by atoms with E-state index in [0.29, 0.717) is 25.9 Å². The van der Waals surface area contributed by atoms with Gasteiger partial charge in [-0.25, -0.2) is 0 Å². The van der Waals surface area contributed by atoms with Crippen LogP contribution in [0.1, 0.15) is 32.3 Å². The molecule has 1 aliphatic heterocycles. The minimum Gasteiger partial charge on any atom is -0.550 e. The van der Waals surface area contributed by atoms with Crippen molar-refractivity contribution in [1.29, 1.82) is 0 Å². The van der Waals surface area contributed by atoms with Crippen molar-refractivity contribution in [2.45, 2.75) is 33.1 Å². The Balaban J connectivity index is 1.54. The van der Waals surface area contributed by atoms with E-state index in [1.54, 1.807) is 0 Å². The second-order valence-corrected chi connectivity index (χ2v) is 8.06. The molecule has 27 heavy (non-hydrogen) atoms. The Bertz CT molecular complexity index is 706. The molecule has 0 spiro atoms. The maximum Gasteiger partial charge on any atom is 0.227 e. The first-order valence-corrected chi connectivity index (χ1v) is 9.98. The molecule has 0 saturated carbocycles. The van der Waals surface area contributed by atoms with Gasteiger partial charge in [0.15, 0.2) is 0 Å². The van der Waals surface area contributed by atoms with E-state index in [2.05, 4.69) is 24.3 Å². The van der Waals surface area contributed by atoms with Gasteiger partial charge in [0.05, 0.1) is 38.6 Å². The summed E-state index contributed by atoms with van der Waals surface area (Å²) in [6, 6.07) is 10.5. The number of carbonyl (C=O) groups excluding carboxylic acids is 2.